The van der Waals surface area contributed by atoms with E-state index in [9.17, 15) is 0 Å². The molecule has 0 fully saturated rings. The van der Waals surface area contributed by atoms with E-state index in [2.05, 4.69) is 52.2 Å². The second-order valence-electron chi connectivity index (χ2n) is 6.19. The Morgan fingerprint density at radius 2 is 2.04 bits per heavy atom. The summed E-state index contributed by atoms with van der Waals surface area (Å²) in [4.78, 5) is 13.6. The van der Waals surface area contributed by atoms with Crippen molar-refractivity contribution < 1.29 is 4.74 Å². The molecule has 2 aromatic heterocycles. The highest BCUT2D eigenvalue weighted by molar-refractivity contribution is 7.99. The number of aromatic amines is 1. The monoisotopic (exact) mass is 363 g/mol. The summed E-state index contributed by atoms with van der Waals surface area (Å²) in [5, 5.41) is 2.28. The summed E-state index contributed by atoms with van der Waals surface area (Å²) in [5.74, 6) is 2.76. The van der Waals surface area contributed by atoms with E-state index >= 15 is 0 Å². The fourth-order valence-corrected chi connectivity index (χ4v) is 4.11. The average molecular weight is 363 g/mol. The van der Waals surface area contributed by atoms with Crippen LogP contribution in [0.25, 0.3) is 33.3 Å². The van der Waals surface area contributed by atoms with Gasteiger partial charge in [-0.3, -0.25) is 0 Å². The third-order valence-corrected chi connectivity index (χ3v) is 5.51. The van der Waals surface area contributed by atoms with E-state index in [1.165, 1.54) is 23.1 Å². The molecule has 0 aliphatic rings. The molecule has 4 nitrogen and oxygen atoms in total. The second kappa shape index (κ2) is 7.38. The van der Waals surface area contributed by atoms with E-state index in [-0.39, 0.29) is 0 Å². The van der Waals surface area contributed by atoms with Crippen molar-refractivity contribution >= 4 is 33.7 Å². The number of methoxy groups -OCH3 is 1. The van der Waals surface area contributed by atoms with Gasteiger partial charge in [-0.05, 0) is 47.9 Å². The number of fused-ring (bicyclic) bond motifs is 2. The number of hydrogen-bond donors (Lipinski definition) is 1. The highest BCUT2D eigenvalue weighted by Crippen LogP contribution is 2.38. The Bertz CT molecular complexity index is 1020. The highest BCUT2D eigenvalue weighted by Gasteiger charge is 2.14. The summed E-state index contributed by atoms with van der Waals surface area (Å²) in [6.45, 7) is 2.22. The van der Waals surface area contributed by atoms with Gasteiger partial charge in [0.1, 0.15) is 11.6 Å². The molecule has 0 radical (unpaired) electrons. The van der Waals surface area contributed by atoms with E-state index in [1.54, 1.807) is 13.3 Å². The number of aromatic nitrogens is 3. The lowest BCUT2D eigenvalue weighted by molar-refractivity contribution is 0.421. The van der Waals surface area contributed by atoms with Crippen molar-refractivity contribution in [1.29, 1.82) is 0 Å². The predicted octanol–water partition coefficient (Wildman–Crippen LogP) is 5.68. The minimum Gasteiger partial charge on any atom is -0.495 e. The number of pyridine rings is 1. The van der Waals surface area contributed by atoms with Crippen molar-refractivity contribution in [2.45, 2.75) is 24.7 Å². The minimum atomic E-state index is 0.716. The maximum atomic E-state index is 5.80. The maximum Gasteiger partial charge on any atom is 0.178 e. The Morgan fingerprint density at radius 3 is 2.85 bits per heavy atom. The minimum absolute atomic E-state index is 0.716. The maximum absolute atomic E-state index is 5.80. The van der Waals surface area contributed by atoms with Crippen molar-refractivity contribution in [2.24, 2.45) is 0 Å². The summed E-state index contributed by atoms with van der Waals surface area (Å²) >= 11 is 1.90. The SMILES string of the molecule is CCCCSc1ccc2ccc(-c3nc4ncccc4[nH]3)c(OC)c2c1. The average Bonchev–Trinajstić information content (AvgIpc) is 3.11. The van der Waals surface area contributed by atoms with Crippen LogP contribution in [0.3, 0.4) is 0 Å². The molecule has 0 atom stereocenters. The number of unbranched alkanes of at least 4 members (excludes halogenated alkanes) is 1. The number of nitrogens with zero attached hydrogens (tertiary/aromatic N) is 2. The molecule has 0 saturated heterocycles. The molecule has 1 N–H and O–H groups in total. The Kier molecular flexibility index (Phi) is 4.80. The lowest BCUT2D eigenvalue weighted by atomic mass is 10.0. The molecule has 0 unspecified atom stereocenters. The van der Waals surface area contributed by atoms with Crippen LogP contribution in [0.4, 0.5) is 0 Å². The largest absolute Gasteiger partial charge is 0.495 e. The molecular weight excluding hydrogens is 342 g/mol. The van der Waals surface area contributed by atoms with Crippen LogP contribution in [0.1, 0.15) is 19.8 Å². The molecule has 0 amide bonds. The summed E-state index contributed by atoms with van der Waals surface area (Å²) < 4.78 is 5.80. The third-order valence-electron chi connectivity index (χ3n) is 4.43. The van der Waals surface area contributed by atoms with Crippen LogP contribution in [0, 0.1) is 0 Å². The Hall–Kier alpha value is -2.53. The van der Waals surface area contributed by atoms with Crippen LogP contribution in [0.5, 0.6) is 5.75 Å². The van der Waals surface area contributed by atoms with Crippen molar-refractivity contribution in [3.8, 4) is 17.1 Å². The predicted molar refractivity (Wildman–Crippen MR) is 109 cm³/mol. The smallest absolute Gasteiger partial charge is 0.178 e. The van der Waals surface area contributed by atoms with Gasteiger partial charge in [0, 0.05) is 16.5 Å². The summed E-state index contributed by atoms with van der Waals surface area (Å²) in [5.41, 5.74) is 2.59. The highest BCUT2D eigenvalue weighted by atomic mass is 32.2. The number of hydrogen-bond acceptors (Lipinski definition) is 4. The fourth-order valence-electron chi connectivity index (χ4n) is 3.07. The van der Waals surface area contributed by atoms with Crippen LogP contribution in [0.2, 0.25) is 0 Å². The molecule has 0 saturated carbocycles. The van der Waals surface area contributed by atoms with Crippen molar-refractivity contribution in [2.75, 3.05) is 12.9 Å². The first-order chi connectivity index (χ1) is 12.8. The number of benzene rings is 2. The first kappa shape index (κ1) is 16.9. The van der Waals surface area contributed by atoms with Crippen LogP contribution in [-0.4, -0.2) is 27.8 Å². The summed E-state index contributed by atoms with van der Waals surface area (Å²) in [7, 11) is 1.72. The lowest BCUT2D eigenvalue weighted by Gasteiger charge is -2.11. The quantitative estimate of drug-likeness (QED) is 0.354. The molecule has 2 heterocycles. The molecule has 26 heavy (non-hydrogen) atoms. The molecular formula is C21H21N3OS. The molecule has 0 bridgehead atoms. The summed E-state index contributed by atoms with van der Waals surface area (Å²) in [6.07, 6.45) is 4.20. The van der Waals surface area contributed by atoms with Gasteiger partial charge in [0.15, 0.2) is 5.65 Å². The van der Waals surface area contributed by atoms with Crippen LogP contribution >= 0.6 is 11.8 Å². The third kappa shape index (κ3) is 3.15. The zero-order valence-electron chi connectivity index (χ0n) is 15.0. The van der Waals surface area contributed by atoms with Crippen LogP contribution < -0.4 is 4.74 Å². The van der Waals surface area contributed by atoms with Gasteiger partial charge < -0.3 is 9.72 Å². The molecule has 2 aromatic carbocycles. The van der Waals surface area contributed by atoms with E-state index in [1.807, 2.05) is 23.9 Å². The lowest BCUT2D eigenvalue weighted by Crippen LogP contribution is -1.92. The van der Waals surface area contributed by atoms with Gasteiger partial charge in [-0.25, -0.2) is 9.97 Å². The molecule has 132 valence electrons. The van der Waals surface area contributed by atoms with Gasteiger partial charge >= 0.3 is 0 Å². The van der Waals surface area contributed by atoms with E-state index < -0.39 is 0 Å². The Morgan fingerprint density at radius 1 is 1.15 bits per heavy atom. The fraction of sp³-hybridized carbons (Fsp3) is 0.238. The van der Waals surface area contributed by atoms with Crippen molar-refractivity contribution in [1.82, 2.24) is 15.0 Å². The number of thioether (sulfide) groups is 1. The van der Waals surface area contributed by atoms with E-state index in [0.29, 0.717) is 5.65 Å². The van der Waals surface area contributed by atoms with E-state index in [0.717, 1.165) is 33.8 Å². The standard InChI is InChI=1S/C21H21N3OS/c1-3-4-12-26-15-9-7-14-8-10-16(19(25-2)17(14)13-15)20-23-18-6-5-11-22-21(18)24-20/h5-11,13H,3-4,12H2,1-2H3,(H,22,23,24). The first-order valence-electron chi connectivity index (χ1n) is 8.85. The van der Waals surface area contributed by atoms with Gasteiger partial charge in [0.25, 0.3) is 0 Å². The first-order valence-corrected chi connectivity index (χ1v) is 9.83. The zero-order valence-corrected chi connectivity index (χ0v) is 15.8. The summed E-state index contributed by atoms with van der Waals surface area (Å²) in [6, 6.07) is 14.6. The van der Waals surface area contributed by atoms with Crippen molar-refractivity contribution in [3.05, 3.63) is 48.7 Å². The normalized spacial score (nSPS) is 11.3. The number of H-pyrrole nitrogens is 1. The molecule has 0 aliphatic carbocycles. The second-order valence-corrected chi connectivity index (χ2v) is 7.36. The van der Waals surface area contributed by atoms with Gasteiger partial charge in [-0.15, -0.1) is 11.8 Å². The topological polar surface area (TPSA) is 50.8 Å². The Balaban J connectivity index is 1.81. The zero-order chi connectivity index (χ0) is 17.9. The molecule has 4 aromatic rings. The molecule has 5 heteroatoms. The number of nitrogens with one attached hydrogen (secondary N) is 1. The van der Waals surface area contributed by atoms with Gasteiger partial charge in [-0.2, -0.15) is 0 Å². The van der Waals surface area contributed by atoms with Crippen molar-refractivity contribution in [3.63, 3.8) is 0 Å². The van der Waals surface area contributed by atoms with Gasteiger partial charge in [-0.1, -0.05) is 25.5 Å². The number of imidazole rings is 1. The molecule has 0 aliphatic heterocycles. The molecule has 0 spiro atoms. The van der Waals surface area contributed by atoms with Gasteiger partial charge in [0.2, 0.25) is 0 Å². The number of rotatable bonds is 6. The molecule has 4 rings (SSSR count). The van der Waals surface area contributed by atoms with Crippen LogP contribution in [0.15, 0.2) is 53.6 Å². The Labute approximate surface area is 157 Å². The van der Waals surface area contributed by atoms with Gasteiger partial charge in [0.05, 0.1) is 18.2 Å². The number of ether oxygens (including phenoxy) is 1. The van der Waals surface area contributed by atoms with Crippen LogP contribution in [-0.2, 0) is 0 Å². The van der Waals surface area contributed by atoms with E-state index in [4.69, 9.17) is 4.74 Å².